The third-order valence-electron chi connectivity index (χ3n) is 1.85. The van der Waals surface area contributed by atoms with Gasteiger partial charge in [0.2, 0.25) is 0 Å². The quantitative estimate of drug-likeness (QED) is 0.508. The lowest BCUT2D eigenvalue weighted by Gasteiger charge is -2.11. The van der Waals surface area contributed by atoms with Gasteiger partial charge >= 0.3 is 0 Å². The summed E-state index contributed by atoms with van der Waals surface area (Å²) in [6.45, 7) is 0. The average molecular weight is 115 g/mol. The predicted molar refractivity (Wildman–Crippen MR) is 32.7 cm³/mol. The first-order valence-corrected chi connectivity index (χ1v) is 3.20. The van der Waals surface area contributed by atoms with Gasteiger partial charge in [-0.3, -0.25) is 0 Å². The van der Waals surface area contributed by atoms with Gasteiger partial charge < -0.3 is 10.4 Å². The molecule has 8 heavy (non-hydrogen) atoms. The molecule has 0 aliphatic heterocycles. The summed E-state index contributed by atoms with van der Waals surface area (Å²) in [5, 5.41) is 12.2. The smallest absolute Gasteiger partial charge is 0.0693 e. The molecule has 48 valence electrons. The van der Waals surface area contributed by atoms with Crippen molar-refractivity contribution in [2.45, 2.75) is 31.4 Å². The van der Waals surface area contributed by atoms with Crippen molar-refractivity contribution in [1.29, 1.82) is 0 Å². The van der Waals surface area contributed by atoms with Crippen LogP contribution in [0.4, 0.5) is 0 Å². The van der Waals surface area contributed by atoms with E-state index in [-0.39, 0.29) is 6.10 Å². The molecule has 0 aromatic rings. The van der Waals surface area contributed by atoms with Crippen LogP contribution in [0.5, 0.6) is 0 Å². The highest BCUT2D eigenvalue weighted by Gasteiger charge is 2.22. The van der Waals surface area contributed by atoms with E-state index in [1.807, 2.05) is 7.05 Å². The number of aliphatic hydroxyl groups is 1. The summed E-state index contributed by atoms with van der Waals surface area (Å²) in [5.41, 5.74) is 0. The number of hydrogen-bond acceptors (Lipinski definition) is 2. The molecule has 1 aliphatic carbocycles. The highest BCUT2D eigenvalue weighted by Crippen LogP contribution is 2.17. The Bertz CT molecular complexity index is 74.9. The first kappa shape index (κ1) is 6.05. The molecule has 0 radical (unpaired) electrons. The summed E-state index contributed by atoms with van der Waals surface area (Å²) in [6.07, 6.45) is 3.20. The van der Waals surface area contributed by atoms with Gasteiger partial charge in [-0.1, -0.05) is 0 Å². The van der Waals surface area contributed by atoms with Gasteiger partial charge in [-0.15, -0.1) is 0 Å². The molecular formula is C6H13NO. The Kier molecular flexibility index (Phi) is 1.86. The van der Waals surface area contributed by atoms with E-state index in [9.17, 15) is 0 Å². The molecule has 1 aliphatic rings. The Balaban J connectivity index is 2.30. The van der Waals surface area contributed by atoms with Gasteiger partial charge in [-0.05, 0) is 26.3 Å². The van der Waals surface area contributed by atoms with E-state index in [1.165, 1.54) is 6.42 Å². The zero-order valence-corrected chi connectivity index (χ0v) is 5.22. The third kappa shape index (κ3) is 1.01. The van der Waals surface area contributed by atoms with E-state index < -0.39 is 0 Å². The van der Waals surface area contributed by atoms with Crippen molar-refractivity contribution in [1.82, 2.24) is 5.32 Å². The van der Waals surface area contributed by atoms with Crippen molar-refractivity contribution in [2.75, 3.05) is 7.05 Å². The molecule has 0 heterocycles. The van der Waals surface area contributed by atoms with E-state index in [0.29, 0.717) is 6.04 Å². The number of likely N-dealkylation sites (N-methyl/N-ethyl adjacent to an activating group) is 1. The fraction of sp³-hybridized carbons (Fsp3) is 1.00. The van der Waals surface area contributed by atoms with Crippen molar-refractivity contribution < 1.29 is 5.11 Å². The maximum atomic E-state index is 9.13. The molecule has 2 atom stereocenters. The molecule has 0 spiro atoms. The fourth-order valence-corrected chi connectivity index (χ4v) is 1.28. The van der Waals surface area contributed by atoms with Gasteiger partial charge in [0, 0.05) is 6.04 Å². The van der Waals surface area contributed by atoms with Crippen molar-refractivity contribution in [2.24, 2.45) is 0 Å². The lowest BCUT2D eigenvalue weighted by Crippen LogP contribution is -2.32. The van der Waals surface area contributed by atoms with Crippen LogP contribution in [-0.2, 0) is 0 Å². The molecule has 2 N–H and O–H groups in total. The van der Waals surface area contributed by atoms with Crippen molar-refractivity contribution in [3.63, 3.8) is 0 Å². The maximum Gasteiger partial charge on any atom is 0.0693 e. The highest BCUT2D eigenvalue weighted by atomic mass is 16.3. The van der Waals surface area contributed by atoms with Crippen molar-refractivity contribution >= 4 is 0 Å². The Morgan fingerprint density at radius 3 is 2.50 bits per heavy atom. The fourth-order valence-electron chi connectivity index (χ4n) is 1.28. The largest absolute Gasteiger partial charge is 0.392 e. The van der Waals surface area contributed by atoms with Gasteiger partial charge in [-0.2, -0.15) is 0 Å². The summed E-state index contributed by atoms with van der Waals surface area (Å²) in [6, 6.07) is 0.370. The first-order valence-electron chi connectivity index (χ1n) is 3.20. The Morgan fingerprint density at radius 1 is 1.50 bits per heavy atom. The zero-order valence-electron chi connectivity index (χ0n) is 5.22. The summed E-state index contributed by atoms with van der Waals surface area (Å²) in [4.78, 5) is 0. The van der Waals surface area contributed by atoms with Gasteiger partial charge in [0.1, 0.15) is 0 Å². The van der Waals surface area contributed by atoms with Crippen LogP contribution in [0.3, 0.4) is 0 Å². The van der Waals surface area contributed by atoms with Crippen molar-refractivity contribution in [3.8, 4) is 0 Å². The molecule has 1 fully saturated rings. The molecule has 0 amide bonds. The standard InChI is InChI=1S/C6H13NO/c1-7-5-3-2-4-6(5)8/h5-8H,2-4H2,1H3/t5-,6-/m1/s1. The summed E-state index contributed by atoms with van der Waals surface area (Å²) in [7, 11) is 1.90. The number of nitrogens with one attached hydrogen (secondary N) is 1. The van der Waals surface area contributed by atoms with Crippen LogP contribution < -0.4 is 5.32 Å². The highest BCUT2D eigenvalue weighted by molar-refractivity contribution is 4.80. The third-order valence-corrected chi connectivity index (χ3v) is 1.85. The lowest BCUT2D eigenvalue weighted by molar-refractivity contribution is 0.153. The van der Waals surface area contributed by atoms with Gasteiger partial charge in [0.05, 0.1) is 6.10 Å². The maximum absolute atomic E-state index is 9.13. The SMILES string of the molecule is CN[C@@H]1CCC[C@H]1O. The lowest BCUT2D eigenvalue weighted by atomic mass is 10.2. The molecule has 2 nitrogen and oxygen atoms in total. The van der Waals surface area contributed by atoms with E-state index in [4.69, 9.17) is 5.11 Å². The Labute approximate surface area is 49.9 Å². The second kappa shape index (κ2) is 2.46. The van der Waals surface area contributed by atoms with E-state index in [1.54, 1.807) is 0 Å². The summed E-state index contributed by atoms with van der Waals surface area (Å²) < 4.78 is 0. The van der Waals surface area contributed by atoms with Gasteiger partial charge in [0.25, 0.3) is 0 Å². The average Bonchev–Trinajstić information content (AvgIpc) is 2.14. The van der Waals surface area contributed by atoms with Crippen LogP contribution in [0.1, 0.15) is 19.3 Å². The van der Waals surface area contributed by atoms with Gasteiger partial charge in [0.15, 0.2) is 0 Å². The van der Waals surface area contributed by atoms with E-state index >= 15 is 0 Å². The number of rotatable bonds is 1. The predicted octanol–water partition coefficient (Wildman–Crippen LogP) is 0.119. The Morgan fingerprint density at radius 2 is 2.25 bits per heavy atom. The topological polar surface area (TPSA) is 32.3 Å². The Hall–Kier alpha value is -0.0800. The minimum atomic E-state index is -0.0833. The molecule has 0 bridgehead atoms. The molecule has 0 saturated heterocycles. The summed E-state index contributed by atoms with van der Waals surface area (Å²) >= 11 is 0. The molecule has 0 aromatic heterocycles. The normalized spacial score (nSPS) is 38.2. The van der Waals surface area contributed by atoms with Crippen molar-refractivity contribution in [3.05, 3.63) is 0 Å². The summed E-state index contributed by atoms with van der Waals surface area (Å²) in [5.74, 6) is 0. The second-order valence-corrected chi connectivity index (χ2v) is 2.39. The van der Waals surface area contributed by atoms with Crippen LogP contribution in [-0.4, -0.2) is 24.3 Å². The second-order valence-electron chi connectivity index (χ2n) is 2.39. The minimum Gasteiger partial charge on any atom is -0.392 e. The number of aliphatic hydroxyl groups excluding tert-OH is 1. The molecule has 1 saturated carbocycles. The molecule has 2 heteroatoms. The molecule has 1 rings (SSSR count). The van der Waals surface area contributed by atoms with Crippen LogP contribution >= 0.6 is 0 Å². The number of hydrogen-bond donors (Lipinski definition) is 2. The zero-order chi connectivity index (χ0) is 5.98. The molecule has 0 unspecified atom stereocenters. The minimum absolute atomic E-state index is 0.0833. The molecular weight excluding hydrogens is 102 g/mol. The molecule has 0 aromatic carbocycles. The van der Waals surface area contributed by atoms with Crippen LogP contribution in [0.25, 0.3) is 0 Å². The van der Waals surface area contributed by atoms with E-state index in [0.717, 1.165) is 12.8 Å². The van der Waals surface area contributed by atoms with E-state index in [2.05, 4.69) is 5.32 Å². The van der Waals surface area contributed by atoms with Crippen LogP contribution in [0.2, 0.25) is 0 Å². The van der Waals surface area contributed by atoms with Crippen LogP contribution in [0.15, 0.2) is 0 Å². The first-order chi connectivity index (χ1) is 3.84. The van der Waals surface area contributed by atoms with Gasteiger partial charge in [-0.25, -0.2) is 0 Å². The monoisotopic (exact) mass is 115 g/mol. The van der Waals surface area contributed by atoms with Crippen LogP contribution in [0, 0.1) is 0 Å².